The van der Waals surface area contributed by atoms with E-state index in [1.165, 1.54) is 4.90 Å². The first-order valence-corrected chi connectivity index (χ1v) is 6.51. The minimum absolute atomic E-state index is 0.0785. The maximum atomic E-state index is 12.3. The van der Waals surface area contributed by atoms with E-state index in [0.717, 1.165) is 11.1 Å². The lowest BCUT2D eigenvalue weighted by Gasteiger charge is -2.27. The summed E-state index contributed by atoms with van der Waals surface area (Å²) >= 11 is 4.99. The van der Waals surface area contributed by atoms with E-state index in [1.807, 2.05) is 31.2 Å². The fraction of sp³-hybridized carbons (Fsp3) is 0.133. The Morgan fingerprint density at radius 1 is 1.35 bits per heavy atom. The van der Waals surface area contributed by atoms with Crippen molar-refractivity contribution in [3.8, 4) is 0 Å². The van der Waals surface area contributed by atoms with Crippen LogP contribution in [0.4, 0.5) is 0 Å². The van der Waals surface area contributed by atoms with Gasteiger partial charge in [-0.05, 0) is 36.3 Å². The number of carbonyl (C=O) groups is 2. The van der Waals surface area contributed by atoms with Crippen molar-refractivity contribution < 1.29 is 9.59 Å². The second-order valence-electron chi connectivity index (χ2n) is 4.38. The summed E-state index contributed by atoms with van der Waals surface area (Å²) in [6, 6.07) is 7.54. The summed E-state index contributed by atoms with van der Waals surface area (Å²) in [6.45, 7) is 5.77. The van der Waals surface area contributed by atoms with Gasteiger partial charge < -0.3 is 0 Å². The predicted molar refractivity (Wildman–Crippen MR) is 81.8 cm³/mol. The Balaban J connectivity index is 2.42. The summed E-state index contributed by atoms with van der Waals surface area (Å²) in [5, 5.41) is 2.63. The van der Waals surface area contributed by atoms with E-state index in [0.29, 0.717) is 0 Å². The maximum Gasteiger partial charge on any atom is 0.265 e. The van der Waals surface area contributed by atoms with Crippen LogP contribution in [-0.4, -0.2) is 28.4 Å². The van der Waals surface area contributed by atoms with Gasteiger partial charge in [0, 0.05) is 6.54 Å². The summed E-state index contributed by atoms with van der Waals surface area (Å²) in [5.74, 6) is -0.870. The lowest BCUT2D eigenvalue weighted by molar-refractivity contribution is -0.128. The topological polar surface area (TPSA) is 49.4 Å². The molecule has 0 aromatic heterocycles. The van der Waals surface area contributed by atoms with Gasteiger partial charge in [-0.1, -0.05) is 30.3 Å². The molecule has 1 aromatic rings. The highest BCUT2D eigenvalue weighted by Crippen LogP contribution is 2.16. The second kappa shape index (κ2) is 5.79. The molecule has 1 aliphatic rings. The lowest BCUT2D eigenvalue weighted by atomic mass is 10.0. The van der Waals surface area contributed by atoms with E-state index in [-0.39, 0.29) is 17.2 Å². The minimum Gasteiger partial charge on any atom is -0.298 e. The average Bonchev–Trinajstić information content (AvgIpc) is 2.41. The molecule has 2 amide bonds. The quantitative estimate of drug-likeness (QED) is 0.399. The predicted octanol–water partition coefficient (Wildman–Crippen LogP) is 1.81. The zero-order valence-electron chi connectivity index (χ0n) is 11.1. The van der Waals surface area contributed by atoms with Crippen LogP contribution in [0.5, 0.6) is 0 Å². The third kappa shape index (κ3) is 2.67. The van der Waals surface area contributed by atoms with Crippen molar-refractivity contribution in [2.45, 2.75) is 6.92 Å². The van der Waals surface area contributed by atoms with Crippen LogP contribution in [0.1, 0.15) is 11.1 Å². The van der Waals surface area contributed by atoms with E-state index in [9.17, 15) is 9.59 Å². The monoisotopic (exact) mass is 286 g/mol. The summed E-state index contributed by atoms with van der Waals surface area (Å²) in [6.07, 6.45) is 3.15. The Bertz CT molecular complexity index is 635. The molecule has 0 aliphatic carbocycles. The highest BCUT2D eigenvalue weighted by Gasteiger charge is 2.32. The third-order valence-electron chi connectivity index (χ3n) is 2.99. The highest BCUT2D eigenvalue weighted by atomic mass is 32.1. The van der Waals surface area contributed by atoms with Gasteiger partial charge in [-0.25, -0.2) is 0 Å². The first-order chi connectivity index (χ1) is 9.54. The van der Waals surface area contributed by atoms with Gasteiger partial charge in [-0.15, -0.1) is 6.58 Å². The average molecular weight is 286 g/mol. The molecule has 0 unspecified atom stereocenters. The molecule has 5 heteroatoms. The van der Waals surface area contributed by atoms with Gasteiger partial charge in [-0.3, -0.25) is 19.8 Å². The molecule has 1 fully saturated rings. The number of hydrogen-bond donors (Lipinski definition) is 1. The Labute approximate surface area is 122 Å². The van der Waals surface area contributed by atoms with Gasteiger partial charge in [0.15, 0.2) is 5.11 Å². The Kier molecular flexibility index (Phi) is 4.10. The molecule has 102 valence electrons. The number of hydrogen-bond acceptors (Lipinski definition) is 3. The van der Waals surface area contributed by atoms with Crippen molar-refractivity contribution in [3.05, 3.63) is 53.6 Å². The zero-order chi connectivity index (χ0) is 14.7. The van der Waals surface area contributed by atoms with Crippen molar-refractivity contribution in [2.75, 3.05) is 6.54 Å². The Morgan fingerprint density at radius 3 is 2.70 bits per heavy atom. The van der Waals surface area contributed by atoms with Crippen LogP contribution >= 0.6 is 12.2 Å². The van der Waals surface area contributed by atoms with Gasteiger partial charge in [0.05, 0.1) is 0 Å². The molecule has 0 bridgehead atoms. The molecule has 1 aromatic carbocycles. The molecule has 20 heavy (non-hydrogen) atoms. The second-order valence-corrected chi connectivity index (χ2v) is 4.77. The van der Waals surface area contributed by atoms with Crippen LogP contribution in [0.2, 0.25) is 0 Å². The SMILES string of the molecule is C=CCN1C(=O)/C(=C\c2ccccc2C)C(=O)NC1=S. The van der Waals surface area contributed by atoms with Gasteiger partial charge in [0.25, 0.3) is 11.8 Å². The van der Waals surface area contributed by atoms with Gasteiger partial charge in [-0.2, -0.15) is 0 Å². The van der Waals surface area contributed by atoms with Gasteiger partial charge in [0.1, 0.15) is 5.57 Å². The first kappa shape index (κ1) is 14.1. The first-order valence-electron chi connectivity index (χ1n) is 6.10. The van der Waals surface area contributed by atoms with Crippen molar-refractivity contribution in [1.29, 1.82) is 0 Å². The van der Waals surface area contributed by atoms with Crippen LogP contribution in [0, 0.1) is 6.92 Å². The number of benzene rings is 1. The fourth-order valence-corrected chi connectivity index (χ4v) is 2.14. The van der Waals surface area contributed by atoms with Crippen LogP contribution in [0.15, 0.2) is 42.5 Å². The largest absolute Gasteiger partial charge is 0.298 e. The molecular formula is C15H14N2O2S. The molecule has 2 rings (SSSR count). The number of carbonyl (C=O) groups excluding carboxylic acids is 2. The standard InChI is InChI=1S/C15H14N2O2S/c1-3-8-17-14(19)12(13(18)16-15(17)20)9-11-7-5-4-6-10(11)2/h3-7,9H,1,8H2,2H3,(H,16,18,20)/b12-9-. The molecule has 0 atom stereocenters. The number of amides is 2. The summed E-state index contributed by atoms with van der Waals surface area (Å²) in [4.78, 5) is 25.6. The third-order valence-corrected chi connectivity index (χ3v) is 3.31. The van der Waals surface area contributed by atoms with E-state index in [1.54, 1.807) is 12.2 Å². The van der Waals surface area contributed by atoms with E-state index in [4.69, 9.17) is 12.2 Å². The normalized spacial score (nSPS) is 17.4. The van der Waals surface area contributed by atoms with Crippen LogP contribution in [-0.2, 0) is 9.59 Å². The van der Waals surface area contributed by atoms with Crippen molar-refractivity contribution in [2.24, 2.45) is 0 Å². The maximum absolute atomic E-state index is 12.3. The molecule has 1 saturated heterocycles. The molecule has 0 saturated carbocycles. The zero-order valence-corrected chi connectivity index (χ0v) is 11.9. The molecule has 1 N–H and O–H groups in total. The van der Waals surface area contributed by atoms with Crippen LogP contribution in [0.3, 0.4) is 0 Å². The van der Waals surface area contributed by atoms with Crippen molar-refractivity contribution in [1.82, 2.24) is 10.2 Å². The molecular weight excluding hydrogens is 272 g/mol. The number of nitrogens with zero attached hydrogens (tertiary/aromatic N) is 1. The Hall–Kier alpha value is -2.27. The van der Waals surface area contributed by atoms with E-state index >= 15 is 0 Å². The van der Waals surface area contributed by atoms with Gasteiger partial charge in [0.2, 0.25) is 0 Å². The lowest BCUT2D eigenvalue weighted by Crippen LogP contribution is -2.53. The number of nitrogens with one attached hydrogen (secondary N) is 1. The fourth-order valence-electron chi connectivity index (χ4n) is 1.89. The minimum atomic E-state index is -0.469. The summed E-state index contributed by atoms with van der Waals surface area (Å²) in [5.41, 5.74) is 1.90. The van der Waals surface area contributed by atoms with E-state index < -0.39 is 11.8 Å². The number of thiocarbonyl (C=S) groups is 1. The molecule has 0 spiro atoms. The van der Waals surface area contributed by atoms with Crippen molar-refractivity contribution in [3.63, 3.8) is 0 Å². The smallest absolute Gasteiger partial charge is 0.265 e. The summed E-state index contributed by atoms with van der Waals surface area (Å²) < 4.78 is 0. The van der Waals surface area contributed by atoms with Crippen molar-refractivity contribution >= 4 is 35.2 Å². The van der Waals surface area contributed by atoms with Crippen LogP contribution in [0.25, 0.3) is 6.08 Å². The van der Waals surface area contributed by atoms with Crippen LogP contribution < -0.4 is 5.32 Å². The Morgan fingerprint density at radius 2 is 2.05 bits per heavy atom. The summed E-state index contributed by atoms with van der Waals surface area (Å²) in [7, 11) is 0. The molecule has 1 heterocycles. The van der Waals surface area contributed by atoms with E-state index in [2.05, 4.69) is 11.9 Å². The number of rotatable bonds is 3. The molecule has 4 nitrogen and oxygen atoms in total. The van der Waals surface area contributed by atoms with Gasteiger partial charge >= 0.3 is 0 Å². The molecule has 0 radical (unpaired) electrons. The molecule has 1 aliphatic heterocycles. The number of aryl methyl sites for hydroxylation is 1. The highest BCUT2D eigenvalue weighted by molar-refractivity contribution is 7.80.